The Labute approximate surface area is 101 Å². The van der Waals surface area contributed by atoms with E-state index < -0.39 is 5.82 Å². The second-order valence-corrected chi connectivity index (χ2v) is 3.93. The molecule has 2 N–H and O–H groups in total. The summed E-state index contributed by atoms with van der Waals surface area (Å²) < 4.78 is 18.6. The Bertz CT molecular complexity index is 393. The normalized spacial score (nSPS) is 12.2. The lowest BCUT2D eigenvalue weighted by molar-refractivity contribution is 0.0913. The topological polar surface area (TPSA) is 52.3 Å². The van der Waals surface area contributed by atoms with Gasteiger partial charge in [-0.25, -0.2) is 4.39 Å². The molecule has 0 aliphatic rings. The molecule has 0 fully saturated rings. The van der Waals surface area contributed by atoms with E-state index in [0.717, 1.165) is 6.42 Å². The monoisotopic (exact) mass is 239 g/mol. The quantitative estimate of drug-likeness (QED) is 0.775. The zero-order chi connectivity index (χ0) is 12.8. The van der Waals surface area contributed by atoms with Gasteiger partial charge in [0.05, 0.1) is 12.7 Å². The van der Waals surface area contributed by atoms with E-state index in [1.165, 1.54) is 19.2 Å². The molecular weight excluding hydrogens is 221 g/mol. The first-order valence-electron chi connectivity index (χ1n) is 5.71. The molecule has 1 unspecified atom stereocenters. The molecule has 1 aromatic rings. The average Bonchev–Trinajstić information content (AvgIpc) is 2.35. The fraction of sp³-hybridized carbons (Fsp3) is 0.462. The number of hydrogen-bond donors (Lipinski definition) is 1. The van der Waals surface area contributed by atoms with Gasteiger partial charge in [-0.1, -0.05) is 13.3 Å². The van der Waals surface area contributed by atoms with E-state index in [4.69, 9.17) is 10.5 Å². The molecule has 0 radical (unpaired) electrons. The van der Waals surface area contributed by atoms with E-state index in [2.05, 4.69) is 0 Å². The van der Waals surface area contributed by atoms with E-state index >= 15 is 0 Å². The van der Waals surface area contributed by atoms with Gasteiger partial charge in [0.25, 0.3) is 0 Å². The van der Waals surface area contributed by atoms with Crippen LogP contribution in [-0.2, 0) is 0 Å². The smallest absolute Gasteiger partial charge is 0.170 e. The summed E-state index contributed by atoms with van der Waals surface area (Å²) in [5.74, 6) is -0.680. The van der Waals surface area contributed by atoms with E-state index in [1.54, 1.807) is 6.07 Å². The summed E-state index contributed by atoms with van der Waals surface area (Å²) in [6.07, 6.45) is 1.53. The van der Waals surface area contributed by atoms with Crippen LogP contribution in [0, 0.1) is 11.7 Å². The highest BCUT2D eigenvalue weighted by molar-refractivity contribution is 5.98. The summed E-state index contributed by atoms with van der Waals surface area (Å²) in [6.45, 7) is 2.22. The lowest BCUT2D eigenvalue weighted by Gasteiger charge is -2.13. The molecule has 94 valence electrons. The summed E-state index contributed by atoms with van der Waals surface area (Å²) >= 11 is 0. The van der Waals surface area contributed by atoms with Crippen LogP contribution < -0.4 is 10.5 Å². The summed E-state index contributed by atoms with van der Waals surface area (Å²) in [6, 6.07) is 4.25. The molecule has 1 rings (SSSR count). The van der Waals surface area contributed by atoms with Crippen molar-refractivity contribution >= 4 is 5.78 Å². The predicted octanol–water partition coefficient (Wildman–Crippen LogP) is 2.39. The standard InChI is InChI=1S/C13H18FNO2/c1-3-4-9(8-15)13(16)11-6-5-10(17-2)7-12(11)14/h5-7,9H,3-4,8,15H2,1-2H3. The fourth-order valence-electron chi connectivity index (χ4n) is 1.75. The highest BCUT2D eigenvalue weighted by Crippen LogP contribution is 2.20. The minimum atomic E-state index is -0.552. The number of Topliss-reactive ketones (excluding diaryl/α,β-unsaturated/α-hetero) is 1. The number of methoxy groups -OCH3 is 1. The molecular formula is C13H18FNO2. The number of ether oxygens (including phenoxy) is 1. The zero-order valence-corrected chi connectivity index (χ0v) is 10.2. The molecule has 0 bridgehead atoms. The first-order chi connectivity index (χ1) is 8.13. The number of rotatable bonds is 6. The maximum atomic E-state index is 13.7. The molecule has 1 atom stereocenters. The molecule has 0 aliphatic heterocycles. The summed E-state index contributed by atoms with van der Waals surface area (Å²) in [5, 5.41) is 0. The zero-order valence-electron chi connectivity index (χ0n) is 10.2. The van der Waals surface area contributed by atoms with Gasteiger partial charge in [-0.3, -0.25) is 4.79 Å². The largest absolute Gasteiger partial charge is 0.497 e. The van der Waals surface area contributed by atoms with Crippen molar-refractivity contribution in [3.05, 3.63) is 29.6 Å². The molecule has 0 aliphatic carbocycles. The third kappa shape index (κ3) is 3.27. The van der Waals surface area contributed by atoms with Gasteiger partial charge in [-0.05, 0) is 18.6 Å². The highest BCUT2D eigenvalue weighted by atomic mass is 19.1. The Kier molecular flexibility index (Phi) is 5.10. The Morgan fingerprint density at radius 1 is 1.53 bits per heavy atom. The molecule has 3 nitrogen and oxygen atoms in total. The summed E-state index contributed by atoms with van der Waals surface area (Å²) in [5.41, 5.74) is 5.63. The number of benzene rings is 1. The van der Waals surface area contributed by atoms with Gasteiger partial charge in [-0.2, -0.15) is 0 Å². The van der Waals surface area contributed by atoms with Crippen LogP contribution in [0.3, 0.4) is 0 Å². The van der Waals surface area contributed by atoms with Crippen LogP contribution in [0.5, 0.6) is 5.75 Å². The van der Waals surface area contributed by atoms with Gasteiger partial charge >= 0.3 is 0 Å². The molecule has 0 spiro atoms. The lowest BCUT2D eigenvalue weighted by atomic mass is 9.93. The van der Waals surface area contributed by atoms with E-state index in [0.29, 0.717) is 12.2 Å². The minimum absolute atomic E-state index is 0.0923. The van der Waals surface area contributed by atoms with Crippen LogP contribution in [-0.4, -0.2) is 19.4 Å². The van der Waals surface area contributed by atoms with Crippen molar-refractivity contribution < 1.29 is 13.9 Å². The predicted molar refractivity (Wildman–Crippen MR) is 64.7 cm³/mol. The van der Waals surface area contributed by atoms with Crippen molar-refractivity contribution in [3.63, 3.8) is 0 Å². The number of carbonyl (C=O) groups excluding carboxylic acids is 1. The van der Waals surface area contributed by atoms with Gasteiger partial charge < -0.3 is 10.5 Å². The maximum absolute atomic E-state index is 13.7. The molecule has 4 heteroatoms. The van der Waals surface area contributed by atoms with Crippen molar-refractivity contribution in [3.8, 4) is 5.75 Å². The number of nitrogens with two attached hydrogens (primary N) is 1. The minimum Gasteiger partial charge on any atom is -0.497 e. The van der Waals surface area contributed by atoms with Gasteiger partial charge in [-0.15, -0.1) is 0 Å². The van der Waals surface area contributed by atoms with Crippen molar-refractivity contribution in [2.24, 2.45) is 11.7 Å². The van der Waals surface area contributed by atoms with Gasteiger partial charge in [0.15, 0.2) is 5.78 Å². The summed E-state index contributed by atoms with van der Waals surface area (Å²) in [4.78, 5) is 12.0. The average molecular weight is 239 g/mol. The molecule has 0 saturated carbocycles. The first kappa shape index (κ1) is 13.6. The van der Waals surface area contributed by atoms with Crippen LogP contribution in [0.2, 0.25) is 0 Å². The van der Waals surface area contributed by atoms with E-state index in [1.807, 2.05) is 6.92 Å². The van der Waals surface area contributed by atoms with Crippen LogP contribution in [0.4, 0.5) is 4.39 Å². The SMILES string of the molecule is CCCC(CN)C(=O)c1ccc(OC)cc1F. The first-order valence-corrected chi connectivity index (χ1v) is 5.71. The Hall–Kier alpha value is -1.42. The molecule has 0 amide bonds. The molecule has 1 aromatic carbocycles. The van der Waals surface area contributed by atoms with Crippen molar-refractivity contribution in [1.29, 1.82) is 0 Å². The number of carbonyl (C=O) groups is 1. The van der Waals surface area contributed by atoms with Crippen LogP contribution in [0.15, 0.2) is 18.2 Å². The second-order valence-electron chi connectivity index (χ2n) is 3.93. The fourth-order valence-corrected chi connectivity index (χ4v) is 1.75. The van der Waals surface area contributed by atoms with Crippen LogP contribution in [0.1, 0.15) is 30.1 Å². The molecule has 0 saturated heterocycles. The maximum Gasteiger partial charge on any atom is 0.170 e. The Balaban J connectivity index is 2.95. The van der Waals surface area contributed by atoms with Crippen molar-refractivity contribution in [1.82, 2.24) is 0 Å². The van der Waals surface area contributed by atoms with Gasteiger partial charge in [0, 0.05) is 18.5 Å². The van der Waals surface area contributed by atoms with Gasteiger partial charge in [0.1, 0.15) is 11.6 Å². The van der Waals surface area contributed by atoms with Crippen LogP contribution in [0.25, 0.3) is 0 Å². The lowest BCUT2D eigenvalue weighted by Crippen LogP contribution is -2.24. The Morgan fingerprint density at radius 2 is 2.24 bits per heavy atom. The Morgan fingerprint density at radius 3 is 2.71 bits per heavy atom. The molecule has 0 heterocycles. The second kappa shape index (κ2) is 6.35. The molecule has 17 heavy (non-hydrogen) atoms. The summed E-state index contributed by atoms with van der Waals surface area (Å²) in [7, 11) is 1.45. The van der Waals surface area contributed by atoms with Gasteiger partial charge in [0.2, 0.25) is 0 Å². The number of ketones is 1. The van der Waals surface area contributed by atoms with Crippen molar-refractivity contribution in [2.75, 3.05) is 13.7 Å². The van der Waals surface area contributed by atoms with E-state index in [-0.39, 0.29) is 23.8 Å². The van der Waals surface area contributed by atoms with E-state index in [9.17, 15) is 9.18 Å². The molecule has 0 aromatic heterocycles. The number of halogens is 1. The highest BCUT2D eigenvalue weighted by Gasteiger charge is 2.21. The third-order valence-electron chi connectivity index (χ3n) is 2.73. The third-order valence-corrected chi connectivity index (χ3v) is 2.73. The number of hydrogen-bond acceptors (Lipinski definition) is 3. The van der Waals surface area contributed by atoms with Crippen molar-refractivity contribution in [2.45, 2.75) is 19.8 Å². The van der Waals surface area contributed by atoms with Crippen LogP contribution >= 0.6 is 0 Å².